The van der Waals surface area contributed by atoms with Crippen LogP contribution in [0.25, 0.3) is 10.8 Å². The molecule has 150 valence electrons. The number of halogens is 1. The number of nitrogens with zero attached hydrogens (tertiary/aromatic N) is 1. The lowest BCUT2D eigenvalue weighted by Gasteiger charge is -2.28. The summed E-state index contributed by atoms with van der Waals surface area (Å²) < 4.78 is 0.950. The summed E-state index contributed by atoms with van der Waals surface area (Å²) in [6.45, 7) is 2.16. The number of hydrogen-bond donors (Lipinski definition) is 1. The molecule has 0 fully saturated rings. The van der Waals surface area contributed by atoms with Gasteiger partial charge in [0.1, 0.15) is 6.04 Å². The zero-order valence-corrected chi connectivity index (χ0v) is 18.3. The molecule has 0 heterocycles. The Kier molecular flexibility index (Phi) is 7.04. The number of fused-ring (bicyclic) bond motifs is 1. The van der Waals surface area contributed by atoms with E-state index in [-0.39, 0.29) is 11.8 Å². The van der Waals surface area contributed by atoms with Gasteiger partial charge in [0.15, 0.2) is 0 Å². The number of nitrogens with one attached hydrogen (secondary N) is 1. The molecule has 0 radical (unpaired) electrons. The van der Waals surface area contributed by atoms with Gasteiger partial charge in [-0.05, 0) is 47.4 Å². The number of carbonyl (C=O) groups is 2. The molecule has 0 saturated heterocycles. The molecule has 1 atom stereocenters. The van der Waals surface area contributed by atoms with Crippen molar-refractivity contribution in [2.24, 2.45) is 0 Å². The highest BCUT2D eigenvalue weighted by Crippen LogP contribution is 2.21. The first-order valence-corrected chi connectivity index (χ1v) is 10.5. The Balaban J connectivity index is 1.79. The fourth-order valence-electron chi connectivity index (χ4n) is 3.52. The molecule has 4 nitrogen and oxygen atoms in total. The lowest BCUT2D eigenvalue weighted by molar-refractivity contribution is -0.140. The van der Waals surface area contributed by atoms with E-state index in [1.165, 1.54) is 10.8 Å². The van der Waals surface area contributed by atoms with Crippen molar-refractivity contribution in [3.8, 4) is 0 Å². The summed E-state index contributed by atoms with van der Waals surface area (Å²) in [5.74, 6) is -0.201. The summed E-state index contributed by atoms with van der Waals surface area (Å²) in [6.07, 6.45) is 0.985. The molecule has 1 N–H and O–H groups in total. The van der Waals surface area contributed by atoms with Gasteiger partial charge < -0.3 is 10.2 Å². The number of rotatable bonds is 7. The van der Waals surface area contributed by atoms with E-state index in [4.69, 9.17) is 0 Å². The highest BCUT2D eigenvalue weighted by molar-refractivity contribution is 9.10. The van der Waals surface area contributed by atoms with E-state index in [1.54, 1.807) is 18.9 Å². The molecule has 0 aliphatic heterocycles. The van der Waals surface area contributed by atoms with Crippen molar-refractivity contribution in [2.75, 3.05) is 7.05 Å². The van der Waals surface area contributed by atoms with Gasteiger partial charge in [0.05, 0.1) is 0 Å². The Labute approximate surface area is 180 Å². The smallest absolute Gasteiger partial charge is 0.242 e. The van der Waals surface area contributed by atoms with Gasteiger partial charge in [-0.25, -0.2) is 0 Å². The summed E-state index contributed by atoms with van der Waals surface area (Å²) in [6, 6.07) is 21.6. The van der Waals surface area contributed by atoms with Gasteiger partial charge in [-0.15, -0.1) is 0 Å². The monoisotopic (exact) mass is 452 g/mol. The van der Waals surface area contributed by atoms with Crippen LogP contribution in [0.1, 0.15) is 24.5 Å². The number of likely N-dealkylation sites (N-methyl/N-ethyl adjacent to an activating group) is 1. The fraction of sp³-hybridized carbons (Fsp3) is 0.250. The van der Waals surface area contributed by atoms with Gasteiger partial charge in [-0.2, -0.15) is 0 Å². The molecule has 0 saturated carbocycles. The van der Waals surface area contributed by atoms with Gasteiger partial charge >= 0.3 is 0 Å². The number of hydrogen-bond acceptors (Lipinski definition) is 2. The summed E-state index contributed by atoms with van der Waals surface area (Å²) in [7, 11) is 1.59. The zero-order valence-electron chi connectivity index (χ0n) is 16.7. The maximum absolute atomic E-state index is 13.1. The van der Waals surface area contributed by atoms with Crippen molar-refractivity contribution < 1.29 is 9.59 Å². The Morgan fingerprint density at radius 3 is 2.52 bits per heavy atom. The van der Waals surface area contributed by atoms with Crippen molar-refractivity contribution in [1.82, 2.24) is 10.2 Å². The first kappa shape index (κ1) is 21.1. The van der Waals surface area contributed by atoms with Crippen molar-refractivity contribution >= 4 is 38.5 Å². The third kappa shape index (κ3) is 5.24. The second kappa shape index (κ2) is 9.70. The Bertz CT molecular complexity index is 1010. The van der Waals surface area contributed by atoms with Crippen molar-refractivity contribution in [3.05, 3.63) is 82.3 Å². The van der Waals surface area contributed by atoms with Crippen LogP contribution in [0.3, 0.4) is 0 Å². The molecule has 0 aliphatic rings. The van der Waals surface area contributed by atoms with E-state index in [1.807, 2.05) is 42.5 Å². The van der Waals surface area contributed by atoms with Gasteiger partial charge in [0.25, 0.3) is 0 Å². The van der Waals surface area contributed by atoms with E-state index < -0.39 is 6.04 Å². The number of aryl methyl sites for hydroxylation is 1. The van der Waals surface area contributed by atoms with Crippen molar-refractivity contribution in [2.45, 2.75) is 32.4 Å². The molecule has 3 aromatic carbocycles. The average Bonchev–Trinajstić information content (AvgIpc) is 2.74. The number of benzene rings is 3. The van der Waals surface area contributed by atoms with Crippen molar-refractivity contribution in [3.63, 3.8) is 0 Å². The summed E-state index contributed by atoms with van der Waals surface area (Å²) in [5, 5.41) is 4.99. The molecule has 2 amide bonds. The van der Waals surface area contributed by atoms with Crippen LogP contribution in [0.2, 0.25) is 0 Å². The number of amides is 2. The summed E-state index contributed by atoms with van der Waals surface area (Å²) >= 11 is 3.47. The third-order valence-electron chi connectivity index (χ3n) is 5.14. The SMILES string of the molecule is CNC(=O)[C@@H](C)N(Cc1cccc(Br)c1)C(=O)CCc1cccc2ccccc12. The first-order valence-electron chi connectivity index (χ1n) is 9.71. The van der Waals surface area contributed by atoms with Crippen LogP contribution in [0.4, 0.5) is 0 Å². The van der Waals surface area contributed by atoms with Crippen LogP contribution in [0.15, 0.2) is 71.2 Å². The molecule has 0 aliphatic carbocycles. The summed E-state index contributed by atoms with van der Waals surface area (Å²) in [4.78, 5) is 27.0. The van der Waals surface area contributed by atoms with Gasteiger partial charge in [-0.1, -0.05) is 70.5 Å². The van der Waals surface area contributed by atoms with Crippen LogP contribution in [-0.2, 0) is 22.6 Å². The Hall–Kier alpha value is -2.66. The van der Waals surface area contributed by atoms with E-state index in [9.17, 15) is 9.59 Å². The average molecular weight is 453 g/mol. The molecule has 0 bridgehead atoms. The van der Waals surface area contributed by atoms with Crippen LogP contribution in [-0.4, -0.2) is 29.8 Å². The quantitative estimate of drug-likeness (QED) is 0.564. The van der Waals surface area contributed by atoms with Gasteiger partial charge in [0, 0.05) is 24.5 Å². The van der Waals surface area contributed by atoms with Crippen molar-refractivity contribution in [1.29, 1.82) is 0 Å². The number of carbonyl (C=O) groups excluding carboxylic acids is 2. The fourth-order valence-corrected chi connectivity index (χ4v) is 3.97. The third-order valence-corrected chi connectivity index (χ3v) is 5.64. The lowest BCUT2D eigenvalue weighted by Crippen LogP contribution is -2.46. The maximum Gasteiger partial charge on any atom is 0.242 e. The molecule has 29 heavy (non-hydrogen) atoms. The standard InChI is InChI=1S/C24H25BrN2O2/c1-17(24(29)26-2)27(16-18-7-5-11-21(25)15-18)23(28)14-13-20-10-6-9-19-8-3-4-12-22(19)20/h3-12,15,17H,13-14,16H2,1-2H3,(H,26,29)/t17-/m1/s1. The zero-order chi connectivity index (χ0) is 20.8. The minimum atomic E-state index is -0.543. The van der Waals surface area contributed by atoms with Crippen LogP contribution >= 0.6 is 15.9 Å². The molecule has 0 aromatic heterocycles. The van der Waals surface area contributed by atoms with E-state index >= 15 is 0 Å². The van der Waals surface area contributed by atoms with E-state index in [0.29, 0.717) is 19.4 Å². The molecular weight excluding hydrogens is 428 g/mol. The highest BCUT2D eigenvalue weighted by Gasteiger charge is 2.25. The van der Waals surface area contributed by atoms with E-state index in [2.05, 4.69) is 45.5 Å². The van der Waals surface area contributed by atoms with E-state index in [0.717, 1.165) is 15.6 Å². The molecule has 0 spiro atoms. The topological polar surface area (TPSA) is 49.4 Å². The second-order valence-electron chi connectivity index (χ2n) is 7.08. The highest BCUT2D eigenvalue weighted by atomic mass is 79.9. The molecular formula is C24H25BrN2O2. The minimum absolute atomic E-state index is 0.0333. The minimum Gasteiger partial charge on any atom is -0.357 e. The lowest BCUT2D eigenvalue weighted by atomic mass is 10.0. The largest absolute Gasteiger partial charge is 0.357 e. The Morgan fingerprint density at radius 2 is 1.76 bits per heavy atom. The second-order valence-corrected chi connectivity index (χ2v) is 8.00. The van der Waals surface area contributed by atoms with Crippen LogP contribution in [0.5, 0.6) is 0 Å². The van der Waals surface area contributed by atoms with Crippen LogP contribution < -0.4 is 5.32 Å². The van der Waals surface area contributed by atoms with Gasteiger partial charge in [-0.3, -0.25) is 9.59 Å². The molecule has 5 heteroatoms. The van der Waals surface area contributed by atoms with Gasteiger partial charge in [0.2, 0.25) is 11.8 Å². The van der Waals surface area contributed by atoms with Crippen LogP contribution in [0, 0.1) is 0 Å². The molecule has 3 aromatic rings. The first-order chi connectivity index (χ1) is 14.0. The summed E-state index contributed by atoms with van der Waals surface area (Å²) in [5.41, 5.74) is 2.13. The Morgan fingerprint density at radius 1 is 1.03 bits per heavy atom. The molecule has 0 unspecified atom stereocenters. The maximum atomic E-state index is 13.1. The predicted octanol–water partition coefficient (Wildman–Crippen LogP) is 4.70. The predicted molar refractivity (Wildman–Crippen MR) is 120 cm³/mol. The normalized spacial score (nSPS) is 11.8. The molecule has 3 rings (SSSR count).